The Bertz CT molecular complexity index is 1490. The molecule has 1 atom stereocenters. The van der Waals surface area contributed by atoms with Crippen LogP contribution in [0.4, 0.5) is 11.5 Å². The van der Waals surface area contributed by atoms with Crippen molar-refractivity contribution in [1.29, 1.82) is 0 Å². The first-order chi connectivity index (χ1) is 15.3. The molecule has 4 aromatic rings. The minimum atomic E-state index is -0.909. The third-order valence-corrected chi connectivity index (χ3v) is 5.54. The van der Waals surface area contributed by atoms with Crippen molar-refractivity contribution >= 4 is 28.4 Å². The first-order valence-corrected chi connectivity index (χ1v) is 9.94. The van der Waals surface area contributed by atoms with Crippen molar-refractivity contribution < 1.29 is 14.1 Å². The maximum atomic E-state index is 13.6. The number of hydrogen-bond donors (Lipinski definition) is 0. The van der Waals surface area contributed by atoms with Crippen LogP contribution in [0, 0.1) is 24.0 Å². The van der Waals surface area contributed by atoms with E-state index in [1.165, 1.54) is 23.1 Å². The van der Waals surface area contributed by atoms with Crippen molar-refractivity contribution in [3.05, 3.63) is 109 Å². The van der Waals surface area contributed by atoms with Gasteiger partial charge in [0, 0.05) is 17.8 Å². The minimum Gasteiger partial charge on any atom is -0.450 e. The Hall–Kier alpha value is -4.33. The van der Waals surface area contributed by atoms with Crippen LogP contribution in [-0.4, -0.2) is 15.8 Å². The third-order valence-electron chi connectivity index (χ3n) is 5.54. The van der Waals surface area contributed by atoms with Gasteiger partial charge in [0.1, 0.15) is 11.4 Å². The summed E-state index contributed by atoms with van der Waals surface area (Å²) in [4.78, 5) is 43.8. The van der Waals surface area contributed by atoms with Crippen LogP contribution in [0.1, 0.15) is 39.0 Å². The second-order valence-electron chi connectivity index (χ2n) is 7.74. The topological polar surface area (TPSA) is 107 Å². The van der Waals surface area contributed by atoms with Gasteiger partial charge in [-0.2, -0.15) is 0 Å². The molecule has 1 amide bonds. The molecule has 0 aliphatic carbocycles. The normalized spacial score (nSPS) is 15.2. The van der Waals surface area contributed by atoms with Crippen LogP contribution in [0.25, 0.3) is 11.0 Å². The zero-order valence-electron chi connectivity index (χ0n) is 17.2. The smallest absolute Gasteiger partial charge is 0.296 e. The predicted octanol–water partition coefficient (Wildman–Crippen LogP) is 4.46. The summed E-state index contributed by atoms with van der Waals surface area (Å²) in [7, 11) is 0. The van der Waals surface area contributed by atoms with Crippen LogP contribution >= 0.6 is 0 Å². The van der Waals surface area contributed by atoms with E-state index in [-0.39, 0.29) is 22.4 Å². The molecule has 8 nitrogen and oxygen atoms in total. The number of nitro groups is 1. The summed E-state index contributed by atoms with van der Waals surface area (Å²) in [5.74, 6) is -0.266. The number of fused-ring (bicyclic) bond motifs is 2. The quantitative estimate of drug-likeness (QED) is 0.353. The van der Waals surface area contributed by atoms with Gasteiger partial charge in [0.25, 0.3) is 11.6 Å². The van der Waals surface area contributed by atoms with Gasteiger partial charge in [0.05, 0.1) is 21.9 Å². The second-order valence-corrected chi connectivity index (χ2v) is 7.74. The highest BCUT2D eigenvalue weighted by molar-refractivity contribution is 6.10. The van der Waals surface area contributed by atoms with E-state index in [4.69, 9.17) is 4.42 Å². The Morgan fingerprint density at radius 2 is 1.81 bits per heavy atom. The van der Waals surface area contributed by atoms with Crippen LogP contribution in [0.2, 0.25) is 0 Å². The molecule has 0 unspecified atom stereocenters. The lowest BCUT2D eigenvalue weighted by atomic mass is 9.97. The van der Waals surface area contributed by atoms with Gasteiger partial charge in [-0.3, -0.25) is 24.6 Å². The Labute approximate surface area is 181 Å². The summed E-state index contributed by atoms with van der Waals surface area (Å²) in [6, 6.07) is 15.4. The average Bonchev–Trinajstić information content (AvgIpc) is 3.07. The van der Waals surface area contributed by atoms with E-state index in [2.05, 4.69) is 4.98 Å². The summed E-state index contributed by atoms with van der Waals surface area (Å²) in [5, 5.41) is 11.7. The minimum absolute atomic E-state index is 0.0776. The van der Waals surface area contributed by atoms with Gasteiger partial charge in [-0.15, -0.1) is 0 Å². The number of nitro benzene ring substituents is 1. The molecule has 2 aromatic heterocycles. The van der Waals surface area contributed by atoms with Gasteiger partial charge in [0.2, 0.25) is 5.76 Å². The Morgan fingerprint density at radius 3 is 2.56 bits per heavy atom. The Kier molecular flexibility index (Phi) is 4.37. The molecular formula is C24H17N3O5. The van der Waals surface area contributed by atoms with E-state index in [9.17, 15) is 19.7 Å². The number of pyridine rings is 1. The predicted molar refractivity (Wildman–Crippen MR) is 118 cm³/mol. The molecule has 0 bridgehead atoms. The maximum absolute atomic E-state index is 13.6. The van der Waals surface area contributed by atoms with E-state index in [0.29, 0.717) is 28.0 Å². The molecule has 2 aromatic carbocycles. The fourth-order valence-corrected chi connectivity index (χ4v) is 4.11. The number of carbonyl (C=O) groups excluding carboxylic acids is 1. The zero-order chi connectivity index (χ0) is 22.6. The van der Waals surface area contributed by atoms with Gasteiger partial charge >= 0.3 is 0 Å². The summed E-state index contributed by atoms with van der Waals surface area (Å²) >= 11 is 0. The fourth-order valence-electron chi connectivity index (χ4n) is 4.11. The van der Waals surface area contributed by atoms with Gasteiger partial charge in [0.15, 0.2) is 5.43 Å². The van der Waals surface area contributed by atoms with Gasteiger partial charge in [-0.05, 0) is 43.7 Å². The van der Waals surface area contributed by atoms with Crippen molar-refractivity contribution in [1.82, 2.24) is 4.98 Å². The highest BCUT2D eigenvalue weighted by Gasteiger charge is 2.44. The molecule has 32 heavy (non-hydrogen) atoms. The summed E-state index contributed by atoms with van der Waals surface area (Å²) < 4.78 is 5.91. The molecule has 8 heteroatoms. The van der Waals surface area contributed by atoms with E-state index in [1.54, 1.807) is 49.4 Å². The van der Waals surface area contributed by atoms with E-state index >= 15 is 0 Å². The summed E-state index contributed by atoms with van der Waals surface area (Å²) in [6.07, 6.45) is 0. The molecule has 0 radical (unpaired) electrons. The van der Waals surface area contributed by atoms with Crippen LogP contribution in [0.5, 0.6) is 0 Å². The van der Waals surface area contributed by atoms with Gasteiger partial charge in [-0.25, -0.2) is 4.98 Å². The van der Waals surface area contributed by atoms with Crippen LogP contribution < -0.4 is 10.3 Å². The lowest BCUT2D eigenvalue weighted by Gasteiger charge is -2.24. The number of nitrogens with zero attached hydrogens (tertiary/aromatic N) is 3. The first kappa shape index (κ1) is 19.6. The van der Waals surface area contributed by atoms with Crippen molar-refractivity contribution in [3.63, 3.8) is 0 Å². The van der Waals surface area contributed by atoms with Crippen LogP contribution in [0.15, 0.2) is 69.9 Å². The molecule has 0 spiro atoms. The molecule has 5 rings (SSSR count). The van der Waals surface area contributed by atoms with Gasteiger partial charge < -0.3 is 4.42 Å². The van der Waals surface area contributed by atoms with Crippen molar-refractivity contribution in [2.24, 2.45) is 0 Å². The molecule has 0 fully saturated rings. The number of non-ortho nitro benzene ring substituents is 1. The standard InChI is InChI=1S/C24H17N3O5/c1-13-9-10-18-17(11-13)22(28)20-21(15-6-4-7-16(12-15)27(30)31)26(24(29)23(20)32-18)19-8-3-5-14(2)25-19/h3-12,21H,1-2H3/t21-/m0/s1. The first-order valence-electron chi connectivity index (χ1n) is 9.94. The number of aromatic nitrogens is 1. The number of carbonyl (C=O) groups is 1. The van der Waals surface area contributed by atoms with Crippen molar-refractivity contribution in [2.75, 3.05) is 4.90 Å². The van der Waals surface area contributed by atoms with E-state index < -0.39 is 16.9 Å². The second kappa shape index (κ2) is 7.12. The Morgan fingerprint density at radius 1 is 1.03 bits per heavy atom. The summed E-state index contributed by atoms with van der Waals surface area (Å²) in [5.41, 5.74) is 1.96. The molecule has 158 valence electrons. The molecule has 0 N–H and O–H groups in total. The molecule has 3 heterocycles. The lowest BCUT2D eigenvalue weighted by Crippen LogP contribution is -2.30. The number of benzene rings is 2. The molecule has 1 aliphatic rings. The number of hydrogen-bond acceptors (Lipinski definition) is 6. The maximum Gasteiger partial charge on any atom is 0.296 e. The van der Waals surface area contributed by atoms with Gasteiger partial charge in [-0.1, -0.05) is 29.8 Å². The number of aryl methyl sites for hydroxylation is 2. The highest BCUT2D eigenvalue weighted by atomic mass is 16.6. The van der Waals surface area contributed by atoms with E-state index in [0.717, 1.165) is 5.56 Å². The highest BCUT2D eigenvalue weighted by Crippen LogP contribution is 2.41. The molecular weight excluding hydrogens is 410 g/mol. The molecule has 0 saturated carbocycles. The van der Waals surface area contributed by atoms with E-state index in [1.807, 2.05) is 6.92 Å². The summed E-state index contributed by atoms with van der Waals surface area (Å²) in [6.45, 7) is 3.65. The number of anilines is 1. The monoisotopic (exact) mass is 427 g/mol. The third kappa shape index (κ3) is 2.96. The lowest BCUT2D eigenvalue weighted by molar-refractivity contribution is -0.384. The molecule has 1 aliphatic heterocycles. The number of amides is 1. The van der Waals surface area contributed by atoms with Crippen LogP contribution in [-0.2, 0) is 0 Å². The van der Waals surface area contributed by atoms with Crippen molar-refractivity contribution in [2.45, 2.75) is 19.9 Å². The number of rotatable bonds is 3. The SMILES string of the molecule is Cc1ccc2oc3c(c(=O)c2c1)[C@H](c1cccc([N+](=O)[O-])c1)N(c1cccc(C)n1)C3=O. The van der Waals surface area contributed by atoms with Crippen LogP contribution in [0.3, 0.4) is 0 Å². The molecule has 0 saturated heterocycles. The fraction of sp³-hybridized carbons (Fsp3) is 0.125. The Balaban J connectivity index is 1.83. The van der Waals surface area contributed by atoms with Crippen molar-refractivity contribution in [3.8, 4) is 0 Å². The average molecular weight is 427 g/mol. The largest absolute Gasteiger partial charge is 0.450 e. The zero-order valence-corrected chi connectivity index (χ0v) is 17.2.